The van der Waals surface area contributed by atoms with Crippen molar-refractivity contribution in [3.63, 3.8) is 0 Å². The highest BCUT2D eigenvalue weighted by molar-refractivity contribution is 5.24. The lowest BCUT2D eigenvalue weighted by molar-refractivity contribution is 0.0995. The molecular formula is C15H23N. The molecule has 1 aliphatic rings. The fraction of sp³-hybridized carbons (Fsp3) is 0.600. The fourth-order valence-electron chi connectivity index (χ4n) is 2.48. The van der Waals surface area contributed by atoms with Crippen molar-refractivity contribution in [1.29, 1.82) is 0 Å². The minimum Gasteiger partial charge on any atom is -0.315 e. The summed E-state index contributed by atoms with van der Waals surface area (Å²) in [6.07, 6.45) is 2.36. The highest BCUT2D eigenvalue weighted by Gasteiger charge is 2.39. The molecule has 0 aromatic heterocycles. The van der Waals surface area contributed by atoms with Gasteiger partial charge in [0.2, 0.25) is 0 Å². The molecule has 16 heavy (non-hydrogen) atoms. The molecule has 1 nitrogen and oxygen atoms in total. The van der Waals surface area contributed by atoms with E-state index >= 15 is 0 Å². The van der Waals surface area contributed by atoms with Crippen LogP contribution in [0, 0.1) is 11.3 Å². The second-order valence-corrected chi connectivity index (χ2v) is 5.47. The maximum Gasteiger partial charge on any atom is 0.00259 e. The minimum atomic E-state index is 0.508. The SMILES string of the molecule is CCc1ccc(CC2(C(C)C)CNC2)cc1. The quantitative estimate of drug-likeness (QED) is 0.817. The van der Waals surface area contributed by atoms with Crippen LogP contribution in [0.1, 0.15) is 31.9 Å². The van der Waals surface area contributed by atoms with E-state index in [1.807, 2.05) is 0 Å². The van der Waals surface area contributed by atoms with Gasteiger partial charge in [0.1, 0.15) is 0 Å². The van der Waals surface area contributed by atoms with E-state index in [9.17, 15) is 0 Å². The Morgan fingerprint density at radius 1 is 1.12 bits per heavy atom. The highest BCUT2D eigenvalue weighted by Crippen LogP contribution is 2.35. The normalized spacial score (nSPS) is 18.5. The van der Waals surface area contributed by atoms with Crippen LogP contribution >= 0.6 is 0 Å². The van der Waals surface area contributed by atoms with Crippen molar-refractivity contribution in [3.8, 4) is 0 Å². The Morgan fingerprint density at radius 3 is 2.06 bits per heavy atom. The maximum atomic E-state index is 3.43. The van der Waals surface area contributed by atoms with E-state index < -0.39 is 0 Å². The number of hydrogen-bond acceptors (Lipinski definition) is 1. The number of hydrogen-bond donors (Lipinski definition) is 1. The van der Waals surface area contributed by atoms with Crippen LogP contribution in [0.25, 0.3) is 0 Å². The van der Waals surface area contributed by atoms with Crippen molar-refractivity contribution in [3.05, 3.63) is 35.4 Å². The fourth-order valence-corrected chi connectivity index (χ4v) is 2.48. The van der Waals surface area contributed by atoms with Crippen molar-refractivity contribution in [2.75, 3.05) is 13.1 Å². The van der Waals surface area contributed by atoms with E-state index in [1.165, 1.54) is 30.6 Å². The van der Waals surface area contributed by atoms with Crippen LogP contribution in [-0.2, 0) is 12.8 Å². The van der Waals surface area contributed by atoms with Gasteiger partial charge in [0.05, 0.1) is 0 Å². The molecule has 0 radical (unpaired) electrons. The molecule has 2 rings (SSSR count). The third kappa shape index (κ3) is 2.15. The largest absolute Gasteiger partial charge is 0.315 e. The molecule has 0 bridgehead atoms. The molecule has 1 N–H and O–H groups in total. The van der Waals surface area contributed by atoms with Gasteiger partial charge >= 0.3 is 0 Å². The van der Waals surface area contributed by atoms with Gasteiger partial charge in [0.15, 0.2) is 0 Å². The molecule has 0 atom stereocenters. The molecule has 0 aliphatic carbocycles. The lowest BCUT2D eigenvalue weighted by Gasteiger charge is -2.46. The first-order chi connectivity index (χ1) is 7.66. The van der Waals surface area contributed by atoms with Gasteiger partial charge in [-0.2, -0.15) is 0 Å². The van der Waals surface area contributed by atoms with E-state index in [1.54, 1.807) is 0 Å². The summed E-state index contributed by atoms with van der Waals surface area (Å²) in [5.41, 5.74) is 3.44. The summed E-state index contributed by atoms with van der Waals surface area (Å²) in [6, 6.07) is 9.16. The Morgan fingerprint density at radius 2 is 1.69 bits per heavy atom. The maximum absolute atomic E-state index is 3.43. The van der Waals surface area contributed by atoms with Crippen LogP contribution in [0.4, 0.5) is 0 Å². The first kappa shape index (κ1) is 11.7. The predicted octanol–water partition coefficient (Wildman–Crippen LogP) is 3.04. The molecule has 1 aromatic rings. The first-order valence-corrected chi connectivity index (χ1v) is 6.45. The van der Waals surface area contributed by atoms with Crippen LogP contribution in [-0.4, -0.2) is 13.1 Å². The summed E-state index contributed by atoms with van der Waals surface area (Å²) in [5.74, 6) is 0.764. The molecule has 1 aromatic carbocycles. The van der Waals surface area contributed by atoms with Gasteiger partial charge in [-0.1, -0.05) is 45.0 Å². The second kappa shape index (κ2) is 4.58. The van der Waals surface area contributed by atoms with Gasteiger partial charge in [0, 0.05) is 18.5 Å². The molecular weight excluding hydrogens is 194 g/mol. The van der Waals surface area contributed by atoms with Gasteiger partial charge in [-0.05, 0) is 29.9 Å². The highest BCUT2D eigenvalue weighted by atomic mass is 15.0. The minimum absolute atomic E-state index is 0.508. The Balaban J connectivity index is 2.07. The predicted molar refractivity (Wildman–Crippen MR) is 69.7 cm³/mol. The van der Waals surface area contributed by atoms with Crippen LogP contribution in [0.2, 0.25) is 0 Å². The van der Waals surface area contributed by atoms with Crippen molar-refractivity contribution < 1.29 is 0 Å². The van der Waals surface area contributed by atoms with Crippen molar-refractivity contribution >= 4 is 0 Å². The molecule has 0 saturated carbocycles. The van der Waals surface area contributed by atoms with E-state index in [0.29, 0.717) is 5.41 Å². The molecule has 1 saturated heterocycles. The van der Waals surface area contributed by atoms with Gasteiger partial charge in [0.25, 0.3) is 0 Å². The number of benzene rings is 1. The van der Waals surface area contributed by atoms with Gasteiger partial charge in [-0.15, -0.1) is 0 Å². The summed E-state index contributed by atoms with van der Waals surface area (Å²) in [4.78, 5) is 0. The summed E-state index contributed by atoms with van der Waals surface area (Å²) in [5, 5.41) is 3.43. The zero-order valence-corrected chi connectivity index (χ0v) is 10.7. The lowest BCUT2D eigenvalue weighted by atomic mass is 9.68. The van der Waals surface area contributed by atoms with Crippen molar-refractivity contribution in [2.24, 2.45) is 11.3 Å². The van der Waals surface area contributed by atoms with E-state index in [-0.39, 0.29) is 0 Å². The third-order valence-corrected chi connectivity index (χ3v) is 4.17. The van der Waals surface area contributed by atoms with Gasteiger partial charge < -0.3 is 5.32 Å². The molecule has 88 valence electrons. The number of aryl methyl sites for hydroxylation is 1. The molecule has 0 spiro atoms. The van der Waals surface area contributed by atoms with Gasteiger partial charge in [-0.3, -0.25) is 0 Å². The summed E-state index contributed by atoms with van der Waals surface area (Å²) < 4.78 is 0. The summed E-state index contributed by atoms with van der Waals surface area (Å²) in [7, 11) is 0. The standard InChI is InChI=1S/C15H23N/c1-4-13-5-7-14(8-6-13)9-15(12(2)3)10-16-11-15/h5-8,12,16H,4,9-11H2,1-3H3. The van der Waals surface area contributed by atoms with Crippen LogP contribution < -0.4 is 5.32 Å². The molecule has 1 fully saturated rings. The van der Waals surface area contributed by atoms with Crippen molar-refractivity contribution in [1.82, 2.24) is 5.32 Å². The monoisotopic (exact) mass is 217 g/mol. The van der Waals surface area contributed by atoms with E-state index in [0.717, 1.165) is 12.3 Å². The Labute approximate surface area is 99.3 Å². The van der Waals surface area contributed by atoms with Crippen LogP contribution in [0.15, 0.2) is 24.3 Å². The van der Waals surface area contributed by atoms with Crippen LogP contribution in [0.3, 0.4) is 0 Å². The lowest BCUT2D eigenvalue weighted by Crippen LogP contribution is -2.57. The number of nitrogens with one attached hydrogen (secondary N) is 1. The summed E-state index contributed by atoms with van der Waals surface area (Å²) in [6.45, 7) is 9.27. The molecule has 1 aliphatic heterocycles. The number of rotatable bonds is 4. The Kier molecular flexibility index (Phi) is 3.34. The zero-order valence-electron chi connectivity index (χ0n) is 10.7. The topological polar surface area (TPSA) is 12.0 Å². The summed E-state index contributed by atoms with van der Waals surface area (Å²) >= 11 is 0. The Hall–Kier alpha value is -0.820. The first-order valence-electron chi connectivity index (χ1n) is 6.45. The molecule has 1 heteroatoms. The average Bonchev–Trinajstić information content (AvgIpc) is 2.24. The molecule has 0 unspecified atom stereocenters. The van der Waals surface area contributed by atoms with Gasteiger partial charge in [-0.25, -0.2) is 0 Å². The molecule has 0 amide bonds. The average molecular weight is 217 g/mol. The van der Waals surface area contributed by atoms with E-state index in [4.69, 9.17) is 0 Å². The molecule has 1 heterocycles. The Bertz CT molecular complexity index is 333. The third-order valence-electron chi connectivity index (χ3n) is 4.17. The second-order valence-electron chi connectivity index (χ2n) is 5.47. The zero-order chi connectivity index (χ0) is 11.6. The van der Waals surface area contributed by atoms with E-state index in [2.05, 4.69) is 50.4 Å². The van der Waals surface area contributed by atoms with Crippen LogP contribution in [0.5, 0.6) is 0 Å². The smallest absolute Gasteiger partial charge is 0.00259 e. The van der Waals surface area contributed by atoms with Crippen molar-refractivity contribution in [2.45, 2.75) is 33.6 Å².